The van der Waals surface area contributed by atoms with Gasteiger partial charge in [-0.25, -0.2) is 9.36 Å². The number of carbonyl (C=O) groups is 2. The number of esters is 1. The maximum atomic E-state index is 12.3. The Morgan fingerprint density at radius 1 is 1.38 bits per heavy atom. The third-order valence-electron chi connectivity index (χ3n) is 3.85. The van der Waals surface area contributed by atoms with Gasteiger partial charge in [0.2, 0.25) is 5.91 Å². The first-order valence-electron chi connectivity index (χ1n) is 7.59. The van der Waals surface area contributed by atoms with Gasteiger partial charge in [-0.3, -0.25) is 19.0 Å². The highest BCUT2D eigenvalue weighted by Gasteiger charge is 2.23. The van der Waals surface area contributed by atoms with E-state index in [4.69, 9.17) is 5.26 Å². The summed E-state index contributed by atoms with van der Waals surface area (Å²) in [5, 5.41) is 11.7. The van der Waals surface area contributed by atoms with Gasteiger partial charge in [-0.1, -0.05) is 0 Å². The van der Waals surface area contributed by atoms with Crippen molar-refractivity contribution in [3.05, 3.63) is 32.1 Å². The average molecular weight is 334 g/mol. The van der Waals surface area contributed by atoms with E-state index in [1.165, 1.54) is 11.7 Å². The topological polar surface area (TPSA) is 123 Å². The molecule has 0 aliphatic carbocycles. The smallest absolute Gasteiger partial charge is 0.331 e. The minimum atomic E-state index is -0.736. The van der Waals surface area contributed by atoms with Crippen LogP contribution in [-0.2, 0) is 33.8 Å². The summed E-state index contributed by atoms with van der Waals surface area (Å²) in [5.41, 5.74) is -0.940. The van der Waals surface area contributed by atoms with Gasteiger partial charge in [0.05, 0.1) is 7.11 Å². The lowest BCUT2D eigenvalue weighted by molar-refractivity contribution is -0.140. The molecule has 128 valence electrons. The highest BCUT2D eigenvalue weighted by molar-refractivity contribution is 5.75. The molecule has 1 N–H and O–H groups in total. The van der Waals surface area contributed by atoms with Gasteiger partial charge in [0, 0.05) is 25.2 Å². The quantitative estimate of drug-likeness (QED) is 0.520. The molecule has 1 amide bonds. The molecule has 24 heavy (non-hydrogen) atoms. The molecule has 0 fully saturated rings. The van der Waals surface area contributed by atoms with Crippen molar-refractivity contribution in [1.82, 2.24) is 14.5 Å². The molecule has 0 saturated carbocycles. The van der Waals surface area contributed by atoms with Gasteiger partial charge < -0.3 is 10.1 Å². The molecular weight excluding hydrogens is 316 g/mol. The highest BCUT2D eigenvalue weighted by Crippen LogP contribution is 2.12. The Kier molecular flexibility index (Phi) is 5.52. The molecule has 0 atom stereocenters. The van der Waals surface area contributed by atoms with Gasteiger partial charge in [-0.2, -0.15) is 5.26 Å². The zero-order chi connectivity index (χ0) is 17.7. The van der Waals surface area contributed by atoms with Crippen molar-refractivity contribution >= 4 is 11.9 Å². The number of amides is 1. The molecule has 0 spiro atoms. The third-order valence-corrected chi connectivity index (χ3v) is 3.85. The van der Waals surface area contributed by atoms with Crippen LogP contribution in [0.2, 0.25) is 0 Å². The van der Waals surface area contributed by atoms with E-state index >= 15 is 0 Å². The molecule has 2 heterocycles. The zero-order valence-electron chi connectivity index (χ0n) is 13.3. The molecule has 0 bridgehead atoms. The van der Waals surface area contributed by atoms with Gasteiger partial charge in [0.25, 0.3) is 5.56 Å². The summed E-state index contributed by atoms with van der Waals surface area (Å²) in [4.78, 5) is 47.5. The predicted octanol–water partition coefficient (Wildman–Crippen LogP) is -1.10. The van der Waals surface area contributed by atoms with E-state index in [1.54, 1.807) is 0 Å². The van der Waals surface area contributed by atoms with Crippen LogP contribution in [0.1, 0.15) is 30.5 Å². The number of fused-ring (bicyclic) bond motifs is 1. The minimum absolute atomic E-state index is 0.0782. The molecule has 0 radical (unpaired) electrons. The molecule has 1 aromatic rings. The number of aromatic nitrogens is 2. The number of nitriles is 1. The van der Waals surface area contributed by atoms with E-state index in [0.29, 0.717) is 31.5 Å². The van der Waals surface area contributed by atoms with Crippen LogP contribution in [0.5, 0.6) is 0 Å². The maximum Gasteiger partial charge on any atom is 0.331 e. The second-order valence-electron chi connectivity index (χ2n) is 5.39. The van der Waals surface area contributed by atoms with Gasteiger partial charge in [0.1, 0.15) is 18.2 Å². The number of rotatable bonds is 6. The first-order valence-corrected chi connectivity index (χ1v) is 7.59. The normalized spacial score (nSPS) is 12.3. The van der Waals surface area contributed by atoms with Gasteiger partial charge in [-0.05, 0) is 19.3 Å². The highest BCUT2D eigenvalue weighted by atomic mass is 16.5. The van der Waals surface area contributed by atoms with Crippen molar-refractivity contribution in [1.29, 1.82) is 5.26 Å². The van der Waals surface area contributed by atoms with Crippen LogP contribution in [0.15, 0.2) is 9.59 Å². The Labute approximate surface area is 137 Å². The monoisotopic (exact) mass is 334 g/mol. The molecule has 0 unspecified atom stereocenters. The Morgan fingerprint density at radius 3 is 2.79 bits per heavy atom. The summed E-state index contributed by atoms with van der Waals surface area (Å²) in [7, 11) is 1.28. The fourth-order valence-corrected chi connectivity index (χ4v) is 2.65. The fraction of sp³-hybridized carbons (Fsp3) is 0.533. The Bertz CT molecular complexity index is 815. The number of methoxy groups -OCH3 is 1. The van der Waals surface area contributed by atoms with Crippen LogP contribution in [0.3, 0.4) is 0 Å². The lowest BCUT2D eigenvalue weighted by Gasteiger charge is -2.11. The molecule has 2 rings (SSSR count). The van der Waals surface area contributed by atoms with E-state index in [-0.39, 0.29) is 24.5 Å². The molecule has 0 saturated heterocycles. The molecule has 1 aliphatic heterocycles. The summed E-state index contributed by atoms with van der Waals surface area (Å²) < 4.78 is 6.64. The van der Waals surface area contributed by atoms with Crippen molar-refractivity contribution in [3.8, 4) is 6.07 Å². The number of carbonyl (C=O) groups excluding carboxylic acids is 2. The maximum absolute atomic E-state index is 12.3. The first-order chi connectivity index (χ1) is 11.5. The fourth-order valence-electron chi connectivity index (χ4n) is 2.65. The first kappa shape index (κ1) is 17.5. The van der Waals surface area contributed by atoms with E-state index in [2.05, 4.69) is 10.1 Å². The van der Waals surface area contributed by atoms with E-state index in [0.717, 1.165) is 4.57 Å². The molecule has 0 aromatic carbocycles. The largest absolute Gasteiger partial charge is 0.469 e. The van der Waals surface area contributed by atoms with Gasteiger partial charge >= 0.3 is 11.7 Å². The summed E-state index contributed by atoms with van der Waals surface area (Å²) in [6.45, 7) is 0.203. The van der Waals surface area contributed by atoms with Gasteiger partial charge in [0.15, 0.2) is 0 Å². The standard InChI is InChI=1S/C15H18N4O5/c1-24-13(21)5-2-6-17-12(20)9-19-14(22)10(8-16)11-4-3-7-18(11)15(19)23/h2-7,9H2,1H3,(H,17,20). The molecular formula is C15H18N4O5. The van der Waals surface area contributed by atoms with E-state index < -0.39 is 23.7 Å². The molecule has 9 nitrogen and oxygen atoms in total. The predicted molar refractivity (Wildman–Crippen MR) is 82.3 cm³/mol. The second kappa shape index (κ2) is 7.59. The van der Waals surface area contributed by atoms with E-state index in [9.17, 15) is 19.2 Å². The van der Waals surface area contributed by atoms with Crippen LogP contribution in [0.25, 0.3) is 0 Å². The van der Waals surface area contributed by atoms with Crippen LogP contribution in [0.4, 0.5) is 0 Å². The van der Waals surface area contributed by atoms with Crippen molar-refractivity contribution in [2.24, 2.45) is 0 Å². The van der Waals surface area contributed by atoms with Crippen molar-refractivity contribution < 1.29 is 14.3 Å². The van der Waals surface area contributed by atoms with Crippen molar-refractivity contribution in [3.63, 3.8) is 0 Å². The number of ether oxygens (including phenoxy) is 1. The number of nitrogens with one attached hydrogen (secondary N) is 1. The number of nitrogens with zero attached hydrogens (tertiary/aromatic N) is 3. The van der Waals surface area contributed by atoms with Crippen molar-refractivity contribution in [2.45, 2.75) is 38.8 Å². The van der Waals surface area contributed by atoms with Crippen LogP contribution in [-0.4, -0.2) is 34.7 Å². The second-order valence-corrected chi connectivity index (χ2v) is 5.39. The Balaban J connectivity index is 2.09. The molecule has 9 heteroatoms. The minimum Gasteiger partial charge on any atom is -0.469 e. The van der Waals surface area contributed by atoms with Crippen LogP contribution >= 0.6 is 0 Å². The van der Waals surface area contributed by atoms with Crippen LogP contribution < -0.4 is 16.6 Å². The Hall–Kier alpha value is -2.89. The van der Waals surface area contributed by atoms with Crippen LogP contribution in [0, 0.1) is 11.3 Å². The van der Waals surface area contributed by atoms with Crippen molar-refractivity contribution in [2.75, 3.05) is 13.7 Å². The van der Waals surface area contributed by atoms with E-state index in [1.807, 2.05) is 6.07 Å². The SMILES string of the molecule is COC(=O)CCCNC(=O)Cn1c(=O)c(C#N)c2n(c1=O)CCC2. The lowest BCUT2D eigenvalue weighted by atomic mass is 10.2. The Morgan fingerprint density at radius 2 is 2.12 bits per heavy atom. The zero-order valence-corrected chi connectivity index (χ0v) is 13.3. The third kappa shape index (κ3) is 3.53. The number of hydrogen-bond acceptors (Lipinski definition) is 6. The summed E-state index contributed by atoms with van der Waals surface area (Å²) in [6, 6.07) is 1.83. The average Bonchev–Trinajstić information content (AvgIpc) is 3.05. The lowest BCUT2D eigenvalue weighted by Crippen LogP contribution is -2.45. The summed E-state index contributed by atoms with van der Waals surface area (Å²) >= 11 is 0. The molecule has 1 aromatic heterocycles. The number of hydrogen-bond donors (Lipinski definition) is 1. The summed E-state index contributed by atoms with van der Waals surface area (Å²) in [6.07, 6.45) is 1.75. The molecule has 1 aliphatic rings. The van der Waals surface area contributed by atoms with Gasteiger partial charge in [-0.15, -0.1) is 0 Å². The summed E-state index contributed by atoms with van der Waals surface area (Å²) in [5.74, 6) is -0.905.